The second kappa shape index (κ2) is 9.26. The van der Waals surface area contributed by atoms with E-state index in [-0.39, 0.29) is 6.42 Å². The lowest BCUT2D eigenvalue weighted by molar-refractivity contribution is -0.140. The number of hydrogen-bond donors (Lipinski definition) is 2. The van der Waals surface area contributed by atoms with Crippen molar-refractivity contribution in [1.82, 2.24) is 4.72 Å². The molecule has 0 aliphatic rings. The first-order valence-corrected chi connectivity index (χ1v) is 10.6. The molecular formula is C20H24BrNO5S. The SMILES string of the molecule is COc1ccc2c(Br)ccc(C(CC(=O)CC(=O)O)N[S@+]([O-])C(C)(C)C)c2c1. The van der Waals surface area contributed by atoms with E-state index in [4.69, 9.17) is 9.84 Å². The number of carboxylic acid groups (broad SMARTS) is 1. The van der Waals surface area contributed by atoms with Gasteiger partial charge in [-0.1, -0.05) is 22.0 Å². The molecule has 0 heterocycles. The first-order valence-electron chi connectivity index (χ1n) is 8.70. The van der Waals surface area contributed by atoms with Crippen LogP contribution in [0.1, 0.15) is 45.2 Å². The Morgan fingerprint density at radius 1 is 1.25 bits per heavy atom. The van der Waals surface area contributed by atoms with Crippen LogP contribution >= 0.6 is 15.9 Å². The van der Waals surface area contributed by atoms with Crippen molar-refractivity contribution < 1.29 is 24.0 Å². The second-order valence-electron chi connectivity index (χ2n) is 7.41. The van der Waals surface area contributed by atoms with Gasteiger partial charge in [-0.05, 0) is 61.4 Å². The Morgan fingerprint density at radius 2 is 1.93 bits per heavy atom. The summed E-state index contributed by atoms with van der Waals surface area (Å²) in [6, 6.07) is 8.69. The summed E-state index contributed by atoms with van der Waals surface area (Å²) in [7, 11) is 1.57. The number of ketones is 1. The Balaban J connectivity index is 2.53. The van der Waals surface area contributed by atoms with Crippen molar-refractivity contribution >= 4 is 49.8 Å². The number of aliphatic carboxylic acids is 1. The molecule has 6 nitrogen and oxygen atoms in total. The van der Waals surface area contributed by atoms with Gasteiger partial charge in [-0.3, -0.25) is 9.59 Å². The number of carbonyl (C=O) groups is 2. The molecule has 28 heavy (non-hydrogen) atoms. The largest absolute Gasteiger partial charge is 0.598 e. The monoisotopic (exact) mass is 469 g/mol. The molecule has 0 saturated carbocycles. The van der Waals surface area contributed by atoms with Gasteiger partial charge < -0.3 is 14.4 Å². The fraction of sp³-hybridized carbons (Fsp3) is 0.400. The van der Waals surface area contributed by atoms with Gasteiger partial charge in [0, 0.05) is 22.3 Å². The van der Waals surface area contributed by atoms with Gasteiger partial charge in [0.1, 0.15) is 22.7 Å². The van der Waals surface area contributed by atoms with Crippen molar-refractivity contribution in [1.29, 1.82) is 0 Å². The predicted octanol–water partition coefficient (Wildman–Crippen LogP) is 4.14. The molecule has 2 aromatic carbocycles. The van der Waals surface area contributed by atoms with E-state index in [1.54, 1.807) is 7.11 Å². The maximum Gasteiger partial charge on any atom is 0.310 e. The van der Waals surface area contributed by atoms with Crippen LogP contribution in [0.5, 0.6) is 5.75 Å². The molecule has 0 spiro atoms. The highest BCUT2D eigenvalue weighted by Gasteiger charge is 2.32. The summed E-state index contributed by atoms with van der Waals surface area (Å²) in [5, 5.41) is 10.7. The van der Waals surface area contributed by atoms with Gasteiger partial charge in [0.05, 0.1) is 13.2 Å². The van der Waals surface area contributed by atoms with E-state index in [0.29, 0.717) is 5.75 Å². The number of rotatable bonds is 8. The van der Waals surface area contributed by atoms with Crippen LogP contribution in [-0.4, -0.2) is 33.3 Å². The second-order valence-corrected chi connectivity index (χ2v) is 10.3. The normalized spacial score (nSPS) is 13.9. The molecule has 0 bridgehead atoms. The van der Waals surface area contributed by atoms with Crippen molar-refractivity contribution in [2.75, 3.05) is 7.11 Å². The van der Waals surface area contributed by atoms with Gasteiger partial charge in [0.2, 0.25) is 0 Å². The summed E-state index contributed by atoms with van der Waals surface area (Å²) < 4.78 is 21.4. The van der Waals surface area contributed by atoms with Crippen molar-refractivity contribution in [3.8, 4) is 5.75 Å². The Labute approximate surface area is 176 Å². The van der Waals surface area contributed by atoms with E-state index in [1.165, 1.54) is 0 Å². The highest BCUT2D eigenvalue weighted by atomic mass is 79.9. The Kier molecular flexibility index (Phi) is 7.50. The molecule has 152 valence electrons. The van der Waals surface area contributed by atoms with Crippen LogP contribution in [0.2, 0.25) is 0 Å². The summed E-state index contributed by atoms with van der Waals surface area (Å²) in [5.74, 6) is -0.961. The first-order chi connectivity index (χ1) is 13.0. The smallest absolute Gasteiger partial charge is 0.310 e. The number of Topliss-reactive ketones (excluding diaryl/α,β-unsaturated/α-hetero) is 1. The summed E-state index contributed by atoms with van der Waals surface area (Å²) in [6.07, 6.45) is -0.653. The van der Waals surface area contributed by atoms with E-state index in [2.05, 4.69) is 20.7 Å². The fourth-order valence-electron chi connectivity index (χ4n) is 2.73. The maximum absolute atomic E-state index is 12.7. The quantitative estimate of drug-likeness (QED) is 0.445. The average molecular weight is 470 g/mol. The molecule has 0 aliphatic carbocycles. The molecule has 2 N–H and O–H groups in total. The number of fused-ring (bicyclic) bond motifs is 1. The summed E-state index contributed by atoms with van der Waals surface area (Å²) in [5.41, 5.74) is 0.758. The first kappa shape index (κ1) is 22.7. The van der Waals surface area contributed by atoms with Crippen molar-refractivity contribution in [3.63, 3.8) is 0 Å². The highest BCUT2D eigenvalue weighted by molar-refractivity contribution is 9.10. The molecule has 2 rings (SSSR count). The van der Waals surface area contributed by atoms with Crippen molar-refractivity contribution in [3.05, 3.63) is 40.4 Å². The van der Waals surface area contributed by atoms with Crippen molar-refractivity contribution in [2.24, 2.45) is 0 Å². The molecule has 8 heteroatoms. The number of methoxy groups -OCH3 is 1. The van der Waals surface area contributed by atoms with Crippen LogP contribution in [0.4, 0.5) is 0 Å². The molecule has 0 amide bonds. The number of nitrogens with one attached hydrogen (secondary N) is 1. The van der Waals surface area contributed by atoms with Crippen LogP contribution in [0.3, 0.4) is 0 Å². The maximum atomic E-state index is 12.7. The zero-order valence-corrected chi connectivity index (χ0v) is 18.6. The number of carboxylic acids is 1. The van der Waals surface area contributed by atoms with E-state index >= 15 is 0 Å². The van der Waals surface area contributed by atoms with Gasteiger partial charge in [-0.2, -0.15) is 0 Å². The molecule has 2 aromatic rings. The minimum Gasteiger partial charge on any atom is -0.598 e. The van der Waals surface area contributed by atoms with Gasteiger partial charge in [-0.25, -0.2) is 0 Å². The molecule has 0 radical (unpaired) electrons. The molecule has 0 aromatic heterocycles. The number of carbonyl (C=O) groups excluding carboxylic acids is 1. The van der Waals surface area contributed by atoms with Gasteiger partial charge in [-0.15, -0.1) is 4.72 Å². The minimum atomic E-state index is -1.45. The number of ether oxygens (including phenoxy) is 1. The summed E-state index contributed by atoms with van der Waals surface area (Å²) in [4.78, 5) is 23.2. The van der Waals surface area contributed by atoms with Crippen molar-refractivity contribution in [2.45, 2.75) is 44.4 Å². The summed E-state index contributed by atoms with van der Waals surface area (Å²) in [6.45, 7) is 5.48. The van der Waals surface area contributed by atoms with Crippen LogP contribution < -0.4 is 9.46 Å². The minimum absolute atomic E-state index is 0.0813. The van der Waals surface area contributed by atoms with Gasteiger partial charge >= 0.3 is 5.97 Å². The number of benzene rings is 2. The van der Waals surface area contributed by atoms with E-state index in [0.717, 1.165) is 20.8 Å². The number of hydrogen-bond acceptors (Lipinski definition) is 5. The number of halogens is 1. The van der Waals surface area contributed by atoms with Crippen LogP contribution in [0.15, 0.2) is 34.8 Å². The third-order valence-electron chi connectivity index (χ3n) is 4.17. The Hall–Kier alpha value is -1.61. The van der Waals surface area contributed by atoms with Gasteiger partial charge in [0.25, 0.3) is 0 Å². The molecule has 0 saturated heterocycles. The standard InChI is InChI=1S/C20H24BrNO5S/c1-20(2,3)28(26)22-18(9-12(23)10-19(24)25)15-7-8-17(21)14-6-5-13(27-4)11-16(14)15/h5-8,11,18,22H,9-10H2,1-4H3,(H,24,25)/t18?,28-/m1/s1. The lowest BCUT2D eigenvalue weighted by Gasteiger charge is -2.28. The lowest BCUT2D eigenvalue weighted by Crippen LogP contribution is -2.42. The Bertz CT molecular complexity index is 881. The third-order valence-corrected chi connectivity index (χ3v) is 6.47. The molecule has 2 atom stereocenters. The summed E-state index contributed by atoms with van der Waals surface area (Å²) >= 11 is 2.08. The van der Waals surface area contributed by atoms with E-state index in [9.17, 15) is 14.1 Å². The zero-order valence-electron chi connectivity index (χ0n) is 16.2. The molecular weight excluding hydrogens is 446 g/mol. The fourth-order valence-corrected chi connectivity index (χ4v) is 4.03. The van der Waals surface area contributed by atoms with E-state index in [1.807, 2.05) is 51.1 Å². The van der Waals surface area contributed by atoms with Crippen LogP contribution in [-0.2, 0) is 21.0 Å². The third kappa shape index (κ3) is 5.70. The van der Waals surface area contributed by atoms with Gasteiger partial charge in [0.15, 0.2) is 0 Å². The average Bonchev–Trinajstić information content (AvgIpc) is 2.59. The molecule has 1 unspecified atom stereocenters. The van der Waals surface area contributed by atoms with E-state index < -0.39 is 40.3 Å². The van der Waals surface area contributed by atoms with Crippen LogP contribution in [0.25, 0.3) is 10.8 Å². The topological polar surface area (TPSA) is 98.7 Å². The zero-order chi connectivity index (χ0) is 21.1. The lowest BCUT2D eigenvalue weighted by atomic mass is 9.95. The predicted molar refractivity (Wildman–Crippen MR) is 114 cm³/mol. The molecule has 0 aliphatic heterocycles. The molecule has 0 fully saturated rings. The highest BCUT2D eigenvalue weighted by Crippen LogP contribution is 2.35. The van der Waals surface area contributed by atoms with Crippen LogP contribution in [0, 0.1) is 0 Å². The Morgan fingerprint density at radius 3 is 2.50 bits per heavy atom.